The normalized spacial score (nSPS) is 10.6. The summed E-state index contributed by atoms with van der Waals surface area (Å²) < 4.78 is 6.36. The van der Waals surface area contributed by atoms with Crippen LogP contribution in [0.2, 0.25) is 0 Å². The monoisotopic (exact) mass is 270 g/mol. The van der Waals surface area contributed by atoms with Gasteiger partial charge in [0, 0.05) is 5.69 Å². The van der Waals surface area contributed by atoms with Crippen LogP contribution >= 0.6 is 11.3 Å². The van der Waals surface area contributed by atoms with Gasteiger partial charge in [0.2, 0.25) is 0 Å². The zero-order chi connectivity index (χ0) is 13.1. The second kappa shape index (κ2) is 5.28. The smallest absolute Gasteiger partial charge is 0.119 e. The van der Waals surface area contributed by atoms with Crippen molar-refractivity contribution in [2.45, 2.75) is 6.54 Å². The zero-order valence-corrected chi connectivity index (χ0v) is 11.4. The number of thiazole rings is 1. The summed E-state index contributed by atoms with van der Waals surface area (Å²) in [6.07, 6.45) is 0. The molecule has 0 aliphatic rings. The summed E-state index contributed by atoms with van der Waals surface area (Å²) in [4.78, 5) is 4.59. The highest BCUT2D eigenvalue weighted by molar-refractivity contribution is 7.18. The Balaban J connectivity index is 1.70. The van der Waals surface area contributed by atoms with Crippen molar-refractivity contribution in [3.8, 4) is 5.75 Å². The molecule has 0 saturated carbocycles. The van der Waals surface area contributed by atoms with Crippen molar-refractivity contribution in [3.63, 3.8) is 0 Å². The Hall–Kier alpha value is -2.07. The highest BCUT2D eigenvalue weighted by Crippen LogP contribution is 2.22. The van der Waals surface area contributed by atoms with E-state index in [1.807, 2.05) is 42.5 Å². The third-order valence-electron chi connectivity index (χ3n) is 2.87. The third kappa shape index (κ3) is 2.69. The SMILES string of the molecule is COc1ccc(NCc2nc3ccccc3s2)cc1. The molecule has 0 saturated heterocycles. The average Bonchev–Trinajstić information content (AvgIpc) is 2.88. The number of ether oxygens (including phenoxy) is 1. The molecule has 1 heterocycles. The molecule has 0 atom stereocenters. The van der Waals surface area contributed by atoms with Gasteiger partial charge in [0.25, 0.3) is 0 Å². The Kier molecular flexibility index (Phi) is 3.33. The van der Waals surface area contributed by atoms with Gasteiger partial charge in [0.1, 0.15) is 10.8 Å². The molecule has 19 heavy (non-hydrogen) atoms. The molecule has 3 aromatic rings. The van der Waals surface area contributed by atoms with Crippen LogP contribution in [0.3, 0.4) is 0 Å². The molecule has 0 unspecified atom stereocenters. The standard InChI is InChI=1S/C15H14N2OS/c1-18-12-8-6-11(7-9-12)16-10-15-17-13-4-2-3-5-14(13)19-15/h2-9,16H,10H2,1H3. The molecule has 0 aliphatic carbocycles. The fourth-order valence-corrected chi connectivity index (χ4v) is 2.79. The van der Waals surface area contributed by atoms with Crippen LogP contribution in [-0.2, 0) is 6.54 Å². The van der Waals surface area contributed by atoms with Crippen molar-refractivity contribution in [3.05, 3.63) is 53.5 Å². The lowest BCUT2D eigenvalue weighted by Gasteiger charge is -2.05. The van der Waals surface area contributed by atoms with Gasteiger partial charge in [-0.15, -0.1) is 11.3 Å². The summed E-state index contributed by atoms with van der Waals surface area (Å²) in [5.74, 6) is 0.866. The molecule has 0 amide bonds. The van der Waals surface area contributed by atoms with Crippen LogP contribution in [0.25, 0.3) is 10.2 Å². The van der Waals surface area contributed by atoms with E-state index in [0.717, 1.165) is 28.5 Å². The fourth-order valence-electron chi connectivity index (χ4n) is 1.88. The van der Waals surface area contributed by atoms with E-state index in [4.69, 9.17) is 4.74 Å². The van der Waals surface area contributed by atoms with E-state index in [1.165, 1.54) is 4.70 Å². The number of nitrogens with zero attached hydrogens (tertiary/aromatic N) is 1. The number of anilines is 1. The van der Waals surface area contributed by atoms with Crippen molar-refractivity contribution < 1.29 is 4.74 Å². The van der Waals surface area contributed by atoms with Gasteiger partial charge in [-0.3, -0.25) is 0 Å². The lowest BCUT2D eigenvalue weighted by Crippen LogP contribution is -1.98. The Labute approximate surface area is 115 Å². The number of aromatic nitrogens is 1. The van der Waals surface area contributed by atoms with Crippen LogP contribution in [0.15, 0.2) is 48.5 Å². The van der Waals surface area contributed by atoms with Gasteiger partial charge in [-0.25, -0.2) is 4.98 Å². The van der Waals surface area contributed by atoms with Crippen LogP contribution in [0.5, 0.6) is 5.75 Å². The van der Waals surface area contributed by atoms with Gasteiger partial charge in [-0.05, 0) is 36.4 Å². The average molecular weight is 270 g/mol. The number of benzene rings is 2. The molecule has 0 radical (unpaired) electrons. The predicted molar refractivity (Wildman–Crippen MR) is 79.9 cm³/mol. The molecular formula is C15H14N2OS. The van der Waals surface area contributed by atoms with Crippen molar-refractivity contribution in [1.82, 2.24) is 4.98 Å². The van der Waals surface area contributed by atoms with Crippen molar-refractivity contribution in [2.75, 3.05) is 12.4 Å². The van der Waals surface area contributed by atoms with E-state index in [-0.39, 0.29) is 0 Å². The first-order valence-electron chi connectivity index (χ1n) is 6.07. The number of hydrogen-bond donors (Lipinski definition) is 1. The quantitative estimate of drug-likeness (QED) is 0.780. The molecule has 0 spiro atoms. The molecule has 4 heteroatoms. The summed E-state index contributed by atoms with van der Waals surface area (Å²) >= 11 is 1.73. The molecule has 1 aromatic heterocycles. The molecule has 0 fully saturated rings. The highest BCUT2D eigenvalue weighted by atomic mass is 32.1. The lowest BCUT2D eigenvalue weighted by molar-refractivity contribution is 0.415. The number of nitrogens with one attached hydrogen (secondary N) is 1. The molecule has 2 aromatic carbocycles. The first-order valence-corrected chi connectivity index (χ1v) is 6.89. The summed E-state index contributed by atoms with van der Waals surface area (Å²) in [7, 11) is 1.67. The molecule has 3 rings (SSSR count). The summed E-state index contributed by atoms with van der Waals surface area (Å²) in [5, 5.41) is 4.46. The maximum absolute atomic E-state index is 5.13. The van der Waals surface area contributed by atoms with Gasteiger partial charge < -0.3 is 10.1 Å². The zero-order valence-electron chi connectivity index (χ0n) is 10.6. The van der Waals surface area contributed by atoms with E-state index in [0.29, 0.717) is 0 Å². The minimum Gasteiger partial charge on any atom is -0.497 e. The highest BCUT2D eigenvalue weighted by Gasteiger charge is 2.02. The number of methoxy groups -OCH3 is 1. The first kappa shape index (κ1) is 12.0. The second-order valence-electron chi connectivity index (χ2n) is 4.16. The molecule has 0 bridgehead atoms. The molecular weight excluding hydrogens is 256 g/mol. The predicted octanol–water partition coefficient (Wildman–Crippen LogP) is 3.92. The fraction of sp³-hybridized carbons (Fsp3) is 0.133. The van der Waals surface area contributed by atoms with Gasteiger partial charge >= 0.3 is 0 Å². The van der Waals surface area contributed by atoms with Crippen LogP contribution in [0, 0.1) is 0 Å². The van der Waals surface area contributed by atoms with Gasteiger partial charge in [0.05, 0.1) is 23.9 Å². The van der Waals surface area contributed by atoms with Crippen molar-refractivity contribution in [1.29, 1.82) is 0 Å². The topological polar surface area (TPSA) is 34.1 Å². The molecule has 1 N–H and O–H groups in total. The first-order chi connectivity index (χ1) is 9.35. The van der Waals surface area contributed by atoms with Crippen LogP contribution in [0.4, 0.5) is 5.69 Å². The maximum Gasteiger partial charge on any atom is 0.119 e. The Bertz CT molecular complexity index is 643. The van der Waals surface area contributed by atoms with E-state index in [9.17, 15) is 0 Å². The third-order valence-corrected chi connectivity index (χ3v) is 3.91. The summed E-state index contributed by atoms with van der Waals surface area (Å²) in [6.45, 7) is 0.742. The Morgan fingerprint density at radius 3 is 2.63 bits per heavy atom. The van der Waals surface area contributed by atoms with Gasteiger partial charge in [-0.1, -0.05) is 12.1 Å². The minimum absolute atomic E-state index is 0.742. The summed E-state index contributed by atoms with van der Waals surface area (Å²) in [5.41, 5.74) is 2.14. The summed E-state index contributed by atoms with van der Waals surface area (Å²) in [6, 6.07) is 16.1. The molecule has 0 aliphatic heterocycles. The van der Waals surface area contributed by atoms with Crippen LogP contribution < -0.4 is 10.1 Å². The number of fused-ring (bicyclic) bond motifs is 1. The Morgan fingerprint density at radius 2 is 1.89 bits per heavy atom. The van der Waals surface area contributed by atoms with E-state index >= 15 is 0 Å². The van der Waals surface area contributed by atoms with Crippen molar-refractivity contribution in [2.24, 2.45) is 0 Å². The molecule has 96 valence electrons. The maximum atomic E-state index is 5.13. The number of rotatable bonds is 4. The number of para-hydroxylation sites is 1. The van der Waals surface area contributed by atoms with Gasteiger partial charge in [-0.2, -0.15) is 0 Å². The second-order valence-corrected chi connectivity index (χ2v) is 5.27. The Morgan fingerprint density at radius 1 is 1.11 bits per heavy atom. The number of hydrogen-bond acceptors (Lipinski definition) is 4. The lowest BCUT2D eigenvalue weighted by atomic mass is 10.3. The van der Waals surface area contributed by atoms with Crippen LogP contribution in [0.1, 0.15) is 5.01 Å². The van der Waals surface area contributed by atoms with Crippen molar-refractivity contribution >= 4 is 27.2 Å². The largest absolute Gasteiger partial charge is 0.497 e. The van der Waals surface area contributed by atoms with E-state index < -0.39 is 0 Å². The van der Waals surface area contributed by atoms with Crippen LogP contribution in [-0.4, -0.2) is 12.1 Å². The molecule has 3 nitrogen and oxygen atoms in total. The van der Waals surface area contributed by atoms with Gasteiger partial charge in [0.15, 0.2) is 0 Å². The van der Waals surface area contributed by atoms with E-state index in [1.54, 1.807) is 18.4 Å². The van der Waals surface area contributed by atoms with E-state index in [2.05, 4.69) is 16.4 Å². The minimum atomic E-state index is 0.742.